The van der Waals surface area contributed by atoms with Gasteiger partial charge >= 0.3 is 0 Å². The molecule has 1 atom stereocenters. The van der Waals surface area contributed by atoms with Gasteiger partial charge in [0.1, 0.15) is 0 Å². The molecule has 1 heterocycles. The normalized spacial score (nSPS) is 16.5. The minimum Gasteiger partial charge on any atom is -0.312 e. The lowest BCUT2D eigenvalue weighted by Gasteiger charge is -2.15. The zero-order valence-corrected chi connectivity index (χ0v) is 12.2. The van der Waals surface area contributed by atoms with Crippen molar-refractivity contribution in [1.29, 1.82) is 0 Å². The van der Waals surface area contributed by atoms with Crippen molar-refractivity contribution in [3.05, 3.63) is 21.4 Å². The smallest absolute Gasteiger partial charge is 0.0412 e. The molecular weight excluding hydrogens is 226 g/mol. The van der Waals surface area contributed by atoms with Crippen LogP contribution in [-0.2, 0) is 12.8 Å². The summed E-state index contributed by atoms with van der Waals surface area (Å²) in [7, 11) is 2.10. The van der Waals surface area contributed by atoms with E-state index in [1.807, 2.05) is 0 Å². The summed E-state index contributed by atoms with van der Waals surface area (Å²) in [6.45, 7) is 4.63. The molecule has 1 aliphatic rings. The van der Waals surface area contributed by atoms with E-state index < -0.39 is 0 Å². The second-order valence-electron chi connectivity index (χ2n) is 5.62. The Bertz CT molecular complexity index is 332. The molecule has 0 radical (unpaired) electrons. The highest BCUT2D eigenvalue weighted by molar-refractivity contribution is 7.12. The molecule has 0 fully saturated rings. The number of rotatable bonds is 6. The molecule has 0 bridgehead atoms. The van der Waals surface area contributed by atoms with Crippen LogP contribution in [0.2, 0.25) is 0 Å². The monoisotopic (exact) mass is 251 g/mol. The van der Waals surface area contributed by atoms with Crippen LogP contribution in [0.1, 0.15) is 60.9 Å². The van der Waals surface area contributed by atoms with E-state index in [2.05, 4.69) is 43.6 Å². The van der Waals surface area contributed by atoms with E-state index in [1.54, 1.807) is 15.3 Å². The Morgan fingerprint density at radius 1 is 1.29 bits per heavy atom. The first kappa shape index (κ1) is 13.1. The molecule has 1 aromatic rings. The molecule has 1 unspecified atom stereocenters. The third-order valence-electron chi connectivity index (χ3n) is 3.73. The molecule has 1 nitrogen and oxygen atoms in total. The molecule has 0 aliphatic heterocycles. The van der Waals surface area contributed by atoms with E-state index in [0.717, 1.165) is 5.92 Å². The van der Waals surface area contributed by atoms with Gasteiger partial charge in [0, 0.05) is 15.8 Å². The maximum atomic E-state index is 3.49. The van der Waals surface area contributed by atoms with Crippen LogP contribution in [0, 0.1) is 5.92 Å². The fourth-order valence-electron chi connectivity index (χ4n) is 2.68. The first-order valence-corrected chi connectivity index (χ1v) is 7.81. The minimum absolute atomic E-state index is 0.587. The Labute approximate surface area is 110 Å². The molecule has 17 heavy (non-hydrogen) atoms. The molecule has 0 spiro atoms. The van der Waals surface area contributed by atoms with Crippen molar-refractivity contribution in [2.45, 2.75) is 58.4 Å². The third kappa shape index (κ3) is 3.32. The van der Waals surface area contributed by atoms with Crippen molar-refractivity contribution in [2.75, 3.05) is 7.05 Å². The molecular formula is C15H25NS. The number of fused-ring (bicyclic) bond motifs is 1. The highest BCUT2D eigenvalue weighted by atomic mass is 32.1. The number of hydrogen-bond donors (Lipinski definition) is 1. The lowest BCUT2D eigenvalue weighted by atomic mass is 10.0. The summed E-state index contributed by atoms with van der Waals surface area (Å²) in [6.07, 6.45) is 7.98. The van der Waals surface area contributed by atoms with E-state index >= 15 is 0 Å². The van der Waals surface area contributed by atoms with Crippen LogP contribution in [0.25, 0.3) is 0 Å². The zero-order chi connectivity index (χ0) is 12.3. The second kappa shape index (κ2) is 6.01. The lowest BCUT2D eigenvalue weighted by Crippen LogP contribution is -2.15. The van der Waals surface area contributed by atoms with Crippen molar-refractivity contribution in [1.82, 2.24) is 5.32 Å². The molecule has 1 N–H and O–H groups in total. The van der Waals surface area contributed by atoms with Gasteiger partial charge in [-0.2, -0.15) is 0 Å². The van der Waals surface area contributed by atoms with Crippen molar-refractivity contribution < 1.29 is 0 Å². The van der Waals surface area contributed by atoms with Crippen LogP contribution in [0.15, 0.2) is 6.07 Å². The summed E-state index contributed by atoms with van der Waals surface area (Å²) in [6, 6.07) is 3.05. The Morgan fingerprint density at radius 3 is 2.76 bits per heavy atom. The predicted molar refractivity (Wildman–Crippen MR) is 76.8 cm³/mol. The summed E-state index contributed by atoms with van der Waals surface area (Å²) < 4.78 is 0. The molecule has 1 aliphatic carbocycles. The minimum atomic E-state index is 0.587. The van der Waals surface area contributed by atoms with Gasteiger partial charge in [0.15, 0.2) is 0 Å². The van der Waals surface area contributed by atoms with Crippen LogP contribution < -0.4 is 5.32 Å². The summed E-state index contributed by atoms with van der Waals surface area (Å²) in [5.41, 5.74) is 1.63. The Morgan fingerprint density at radius 2 is 2.12 bits per heavy atom. The number of thiophene rings is 1. The van der Waals surface area contributed by atoms with Crippen LogP contribution in [0.4, 0.5) is 0 Å². The average Bonchev–Trinajstić information content (AvgIpc) is 2.83. The van der Waals surface area contributed by atoms with Crippen molar-refractivity contribution in [2.24, 2.45) is 5.92 Å². The molecule has 2 rings (SSSR count). The Kier molecular flexibility index (Phi) is 4.63. The fourth-order valence-corrected chi connectivity index (χ4v) is 4.09. The maximum Gasteiger partial charge on any atom is 0.0412 e. The van der Waals surface area contributed by atoms with Crippen molar-refractivity contribution >= 4 is 11.3 Å². The highest BCUT2D eigenvalue weighted by Gasteiger charge is 2.19. The average molecular weight is 251 g/mol. The first-order valence-electron chi connectivity index (χ1n) is 6.99. The molecule has 2 heteroatoms. The molecule has 96 valence electrons. The van der Waals surface area contributed by atoms with Gasteiger partial charge in [0.2, 0.25) is 0 Å². The van der Waals surface area contributed by atoms with Gasteiger partial charge in [-0.15, -0.1) is 11.3 Å². The second-order valence-corrected chi connectivity index (χ2v) is 6.79. The molecule has 0 saturated heterocycles. The van der Waals surface area contributed by atoms with E-state index in [9.17, 15) is 0 Å². The predicted octanol–water partition coefficient (Wildman–Crippen LogP) is 4.32. The van der Waals surface area contributed by atoms with Gasteiger partial charge in [-0.25, -0.2) is 0 Å². The molecule has 0 amide bonds. The summed E-state index contributed by atoms with van der Waals surface area (Å²) in [4.78, 5) is 3.23. The molecule has 0 aromatic carbocycles. The fraction of sp³-hybridized carbons (Fsp3) is 0.733. The van der Waals surface area contributed by atoms with Crippen LogP contribution in [0.3, 0.4) is 0 Å². The van der Waals surface area contributed by atoms with Gasteiger partial charge in [-0.1, -0.05) is 26.7 Å². The number of aryl methyl sites for hydroxylation is 2. The lowest BCUT2D eigenvalue weighted by molar-refractivity contribution is 0.474. The number of nitrogens with one attached hydrogen (secondary N) is 1. The van der Waals surface area contributed by atoms with Crippen molar-refractivity contribution in [3.8, 4) is 0 Å². The van der Waals surface area contributed by atoms with Crippen LogP contribution in [0.5, 0.6) is 0 Å². The largest absolute Gasteiger partial charge is 0.312 e. The van der Waals surface area contributed by atoms with Gasteiger partial charge < -0.3 is 5.32 Å². The van der Waals surface area contributed by atoms with Gasteiger partial charge in [-0.3, -0.25) is 0 Å². The van der Waals surface area contributed by atoms with E-state index in [-0.39, 0.29) is 0 Å². The van der Waals surface area contributed by atoms with Gasteiger partial charge in [0.05, 0.1) is 0 Å². The Balaban J connectivity index is 1.92. The Hall–Kier alpha value is -0.340. The standard InChI is InChI=1S/C15H25NS/c1-11(2)6-4-8-13(16-3)15-10-12-7-5-9-14(12)17-15/h10-11,13,16H,4-9H2,1-3H3. The van der Waals surface area contributed by atoms with E-state index in [4.69, 9.17) is 0 Å². The maximum absolute atomic E-state index is 3.49. The first-order chi connectivity index (χ1) is 8.20. The summed E-state index contributed by atoms with van der Waals surface area (Å²) in [5.74, 6) is 0.834. The van der Waals surface area contributed by atoms with Gasteiger partial charge in [-0.05, 0) is 50.3 Å². The molecule has 1 aromatic heterocycles. The number of hydrogen-bond acceptors (Lipinski definition) is 2. The zero-order valence-electron chi connectivity index (χ0n) is 11.4. The highest BCUT2D eigenvalue weighted by Crippen LogP contribution is 2.35. The van der Waals surface area contributed by atoms with Gasteiger partial charge in [0.25, 0.3) is 0 Å². The van der Waals surface area contributed by atoms with Crippen LogP contribution >= 0.6 is 11.3 Å². The topological polar surface area (TPSA) is 12.0 Å². The van der Waals surface area contributed by atoms with Crippen LogP contribution in [-0.4, -0.2) is 7.05 Å². The van der Waals surface area contributed by atoms with Crippen molar-refractivity contribution in [3.63, 3.8) is 0 Å². The third-order valence-corrected chi connectivity index (χ3v) is 5.08. The summed E-state index contributed by atoms with van der Waals surface area (Å²) in [5, 5.41) is 3.49. The van der Waals surface area contributed by atoms with E-state index in [1.165, 1.54) is 38.5 Å². The summed E-state index contributed by atoms with van der Waals surface area (Å²) >= 11 is 2.05. The SMILES string of the molecule is CNC(CCCC(C)C)c1cc2c(s1)CCC2. The van der Waals surface area contributed by atoms with E-state index in [0.29, 0.717) is 6.04 Å². The quantitative estimate of drug-likeness (QED) is 0.794. The molecule has 0 saturated carbocycles.